The van der Waals surface area contributed by atoms with Crippen molar-refractivity contribution in [3.05, 3.63) is 48.0 Å². The molecule has 1 saturated heterocycles. The Hall–Kier alpha value is -3.40. The van der Waals surface area contributed by atoms with Crippen molar-refractivity contribution in [3.8, 4) is 17.3 Å². The second-order valence-corrected chi connectivity index (χ2v) is 17.0. The van der Waals surface area contributed by atoms with Gasteiger partial charge in [-0.1, -0.05) is 19.6 Å². The lowest BCUT2D eigenvalue weighted by atomic mass is 9.96. The van der Waals surface area contributed by atoms with Crippen LogP contribution in [0.5, 0.6) is 0 Å². The summed E-state index contributed by atoms with van der Waals surface area (Å²) in [6.45, 7) is 9.97. The van der Waals surface area contributed by atoms with Gasteiger partial charge in [0.15, 0.2) is 4.77 Å². The van der Waals surface area contributed by atoms with Crippen LogP contribution in [0.3, 0.4) is 0 Å². The van der Waals surface area contributed by atoms with Crippen LogP contribution >= 0.6 is 12.2 Å². The Morgan fingerprint density at radius 1 is 1.26 bits per heavy atom. The monoisotopic (exact) mass is 547 g/mol. The van der Waals surface area contributed by atoms with E-state index in [0.717, 1.165) is 60.3 Å². The molecular formula is C26H33N9OSSi. The molecule has 4 aromatic heterocycles. The fourth-order valence-corrected chi connectivity index (χ4v) is 5.88. The highest BCUT2D eigenvalue weighted by molar-refractivity contribution is 7.71. The maximum absolute atomic E-state index is 9.61. The lowest BCUT2D eigenvalue weighted by molar-refractivity contribution is 0.0899. The molecule has 10 nitrogen and oxygen atoms in total. The zero-order chi connectivity index (χ0) is 26.7. The largest absolute Gasteiger partial charge is 0.361 e. The molecule has 5 rings (SSSR count). The van der Waals surface area contributed by atoms with E-state index < -0.39 is 8.07 Å². The Bertz CT molecular complexity index is 1500. The number of rotatable bonds is 10. The number of aromatic nitrogens is 7. The second kappa shape index (κ2) is 11.1. The van der Waals surface area contributed by atoms with Crippen molar-refractivity contribution in [1.82, 2.24) is 34.3 Å². The average Bonchev–Trinajstić information content (AvgIpc) is 3.65. The number of nitriles is 1. The van der Waals surface area contributed by atoms with Crippen LogP contribution in [0.4, 0.5) is 5.82 Å². The Morgan fingerprint density at radius 3 is 2.92 bits per heavy atom. The van der Waals surface area contributed by atoms with E-state index in [1.165, 1.54) is 0 Å². The first-order chi connectivity index (χ1) is 18.3. The van der Waals surface area contributed by atoms with Crippen LogP contribution < -0.4 is 4.90 Å². The Morgan fingerprint density at radius 2 is 2.13 bits per heavy atom. The molecule has 1 aliphatic heterocycles. The lowest BCUT2D eigenvalue weighted by Crippen LogP contribution is -2.25. The molecule has 0 aliphatic carbocycles. The molecule has 2 unspecified atom stereocenters. The molecule has 198 valence electrons. The van der Waals surface area contributed by atoms with Gasteiger partial charge in [-0.05, 0) is 36.8 Å². The molecule has 0 radical (unpaired) electrons. The summed E-state index contributed by atoms with van der Waals surface area (Å²) in [6.07, 6.45) is 10.5. The topological polar surface area (TPSA) is 113 Å². The minimum atomic E-state index is -1.13. The van der Waals surface area contributed by atoms with E-state index in [9.17, 15) is 5.26 Å². The Labute approximate surface area is 228 Å². The third-order valence-electron chi connectivity index (χ3n) is 7.07. The molecule has 1 N–H and O–H groups in total. The van der Waals surface area contributed by atoms with Crippen LogP contribution in [0, 0.1) is 22.0 Å². The van der Waals surface area contributed by atoms with E-state index in [1.807, 2.05) is 40.0 Å². The van der Waals surface area contributed by atoms with Gasteiger partial charge in [-0.3, -0.25) is 4.68 Å². The van der Waals surface area contributed by atoms with Gasteiger partial charge in [0.2, 0.25) is 0 Å². The lowest BCUT2D eigenvalue weighted by Gasteiger charge is -2.23. The summed E-state index contributed by atoms with van der Waals surface area (Å²) in [5.74, 6) is 1.24. The van der Waals surface area contributed by atoms with Crippen LogP contribution in [0.1, 0.15) is 18.9 Å². The van der Waals surface area contributed by atoms with Crippen molar-refractivity contribution < 1.29 is 4.74 Å². The number of anilines is 1. The highest BCUT2D eigenvalue weighted by Gasteiger charge is 2.32. The molecular weight excluding hydrogens is 515 g/mol. The molecule has 1 fully saturated rings. The number of ether oxygens (including phenoxy) is 1. The van der Waals surface area contributed by atoms with Crippen molar-refractivity contribution in [2.75, 3.05) is 24.6 Å². The summed E-state index contributed by atoms with van der Waals surface area (Å²) in [4.78, 5) is 18.6. The minimum absolute atomic E-state index is 0.0368. The van der Waals surface area contributed by atoms with Crippen LogP contribution in [0.2, 0.25) is 25.7 Å². The second-order valence-electron chi connectivity index (χ2n) is 11.0. The van der Waals surface area contributed by atoms with Gasteiger partial charge in [0.05, 0.1) is 30.4 Å². The Balaban J connectivity index is 1.33. The summed E-state index contributed by atoms with van der Waals surface area (Å²) in [7, 11) is -1.13. The predicted octanol–water partition coefficient (Wildman–Crippen LogP) is 5.04. The number of hydrogen-bond donors (Lipinski definition) is 1. The summed E-state index contributed by atoms with van der Waals surface area (Å²) < 4.78 is 10.4. The minimum Gasteiger partial charge on any atom is -0.361 e. The van der Waals surface area contributed by atoms with Crippen LogP contribution in [-0.2, 0) is 11.5 Å². The third kappa shape index (κ3) is 5.85. The third-order valence-corrected chi connectivity index (χ3v) is 8.98. The van der Waals surface area contributed by atoms with Gasteiger partial charge in [0.1, 0.15) is 24.5 Å². The van der Waals surface area contributed by atoms with Gasteiger partial charge in [-0.2, -0.15) is 10.4 Å². The van der Waals surface area contributed by atoms with Gasteiger partial charge >= 0.3 is 0 Å². The van der Waals surface area contributed by atoms with Crippen molar-refractivity contribution >= 4 is 37.1 Å². The van der Waals surface area contributed by atoms with Crippen molar-refractivity contribution in [1.29, 1.82) is 5.26 Å². The molecule has 0 aromatic carbocycles. The molecule has 0 amide bonds. The van der Waals surface area contributed by atoms with Crippen LogP contribution in [-0.4, -0.2) is 62.1 Å². The highest BCUT2D eigenvalue weighted by atomic mass is 32.1. The molecule has 0 bridgehead atoms. The molecule has 5 heterocycles. The predicted molar refractivity (Wildman–Crippen MR) is 152 cm³/mol. The molecule has 1 aliphatic rings. The van der Waals surface area contributed by atoms with E-state index in [0.29, 0.717) is 17.9 Å². The van der Waals surface area contributed by atoms with E-state index in [1.54, 1.807) is 12.5 Å². The maximum Gasteiger partial charge on any atom is 0.198 e. The average molecular weight is 548 g/mol. The highest BCUT2D eigenvalue weighted by Crippen LogP contribution is 2.34. The number of nitrogens with one attached hydrogen (secondary N) is 1. The maximum atomic E-state index is 9.61. The van der Waals surface area contributed by atoms with Crippen LogP contribution in [0.15, 0.2) is 43.2 Å². The molecule has 2 atom stereocenters. The first-order valence-electron chi connectivity index (χ1n) is 12.9. The van der Waals surface area contributed by atoms with E-state index in [2.05, 4.69) is 55.6 Å². The fraction of sp³-hybridized carbons (Fsp3) is 0.462. The standard InChI is InChI=1S/C26H33N9OSSi/c1-38(2,3)13-12-36-18-34-11-7-21-24(29-17-30-25(21)34)20-14-31-35(16-20)22(4-8-27)19-6-10-33(15-19)23-5-9-28-26(37)32-23/h5,7,9,11,14,16-17,19,22H,4,6,10,12-13,15,18H2,1-3H3,(H,28,32,37). The molecule has 4 aromatic rings. The van der Waals surface area contributed by atoms with Gasteiger partial charge in [0, 0.05) is 63.2 Å². The van der Waals surface area contributed by atoms with E-state index >= 15 is 0 Å². The first-order valence-corrected chi connectivity index (χ1v) is 17.0. The summed E-state index contributed by atoms with van der Waals surface area (Å²) in [5, 5.41) is 15.3. The zero-order valence-corrected chi connectivity index (χ0v) is 23.9. The normalized spacial score (nSPS) is 16.7. The fourth-order valence-electron chi connectivity index (χ4n) is 4.95. The van der Waals surface area contributed by atoms with Gasteiger partial charge in [-0.25, -0.2) is 15.0 Å². The number of fused-ring (bicyclic) bond motifs is 1. The number of nitrogens with zero attached hydrogens (tertiary/aromatic N) is 8. The van der Waals surface area contributed by atoms with Crippen LogP contribution in [0.25, 0.3) is 22.3 Å². The molecule has 0 spiro atoms. The van der Waals surface area contributed by atoms with Gasteiger partial charge < -0.3 is 19.2 Å². The molecule has 38 heavy (non-hydrogen) atoms. The van der Waals surface area contributed by atoms with Crippen molar-refractivity contribution in [2.24, 2.45) is 5.92 Å². The first kappa shape index (κ1) is 26.2. The number of hydrogen-bond acceptors (Lipinski definition) is 8. The van der Waals surface area contributed by atoms with E-state index in [4.69, 9.17) is 17.0 Å². The SMILES string of the molecule is C[Si](C)(C)CCOCn1ccc2c(-c3cnn(C(CC#N)C4CCN(c5ccnc(=S)[nH]5)C4)c3)ncnc21. The zero-order valence-electron chi connectivity index (χ0n) is 22.0. The van der Waals surface area contributed by atoms with Crippen molar-refractivity contribution in [3.63, 3.8) is 0 Å². The van der Waals surface area contributed by atoms with Gasteiger partial charge in [0.25, 0.3) is 0 Å². The molecule has 0 saturated carbocycles. The smallest absolute Gasteiger partial charge is 0.198 e. The summed E-state index contributed by atoms with van der Waals surface area (Å²) in [5.41, 5.74) is 2.58. The number of aromatic amines is 1. The quantitative estimate of drug-likeness (QED) is 0.167. The Kier molecular flexibility index (Phi) is 7.69. The van der Waals surface area contributed by atoms with Crippen molar-refractivity contribution in [2.45, 2.75) is 51.3 Å². The molecule has 12 heteroatoms. The summed E-state index contributed by atoms with van der Waals surface area (Å²) in [6, 6.07) is 7.43. The number of H-pyrrole nitrogens is 1. The summed E-state index contributed by atoms with van der Waals surface area (Å²) >= 11 is 5.19. The van der Waals surface area contributed by atoms with Gasteiger partial charge in [-0.15, -0.1) is 0 Å². The van der Waals surface area contributed by atoms with E-state index in [-0.39, 0.29) is 12.0 Å².